The largest absolute Gasteiger partial charge is 0.324 e. The molecule has 3 aromatic heterocycles. The van der Waals surface area contributed by atoms with Crippen molar-refractivity contribution in [1.82, 2.24) is 29.1 Å². The highest BCUT2D eigenvalue weighted by molar-refractivity contribution is 6.07. The van der Waals surface area contributed by atoms with Crippen molar-refractivity contribution in [3.8, 4) is 0 Å². The summed E-state index contributed by atoms with van der Waals surface area (Å²) in [5.41, 5.74) is 2.66. The molecule has 0 unspecified atom stereocenters. The molecule has 0 fully saturated rings. The van der Waals surface area contributed by atoms with E-state index in [-0.39, 0.29) is 5.43 Å². The lowest BCUT2D eigenvalue weighted by Gasteiger charge is -2.21. The molecule has 170 valence electrons. The number of hydrogen-bond acceptors (Lipinski definition) is 5. The Kier molecular flexibility index (Phi) is 6.86. The van der Waals surface area contributed by atoms with Crippen LogP contribution in [-0.4, -0.2) is 68.4 Å². The topological polar surface area (TPSA) is 59.2 Å². The van der Waals surface area contributed by atoms with Gasteiger partial charge in [-0.3, -0.25) is 9.48 Å². The maximum absolute atomic E-state index is 13.7. The van der Waals surface area contributed by atoms with Crippen molar-refractivity contribution in [1.29, 1.82) is 0 Å². The molecule has 0 radical (unpaired) electrons. The summed E-state index contributed by atoms with van der Waals surface area (Å²) in [6.45, 7) is 16.1. The van der Waals surface area contributed by atoms with Crippen LogP contribution in [0.1, 0.15) is 27.7 Å². The summed E-state index contributed by atoms with van der Waals surface area (Å²) >= 11 is 0. The molecular weight excluding hydrogens is 400 g/mol. The van der Waals surface area contributed by atoms with Crippen molar-refractivity contribution in [2.45, 2.75) is 40.8 Å². The molecule has 0 aliphatic heterocycles. The van der Waals surface area contributed by atoms with Gasteiger partial charge in [-0.15, -0.1) is 0 Å². The van der Waals surface area contributed by atoms with Gasteiger partial charge in [0.1, 0.15) is 5.65 Å². The van der Waals surface area contributed by atoms with Gasteiger partial charge in [0.25, 0.3) is 0 Å². The molecule has 7 nitrogen and oxygen atoms in total. The molecule has 0 saturated carbocycles. The molecule has 1 aromatic carbocycles. The van der Waals surface area contributed by atoms with Gasteiger partial charge >= 0.3 is 0 Å². The van der Waals surface area contributed by atoms with Gasteiger partial charge in [0.05, 0.1) is 34.5 Å². The van der Waals surface area contributed by atoms with E-state index in [1.807, 2.05) is 23.0 Å². The van der Waals surface area contributed by atoms with E-state index in [9.17, 15) is 4.79 Å². The van der Waals surface area contributed by atoms with Crippen LogP contribution in [0.4, 0.5) is 0 Å². The molecule has 0 amide bonds. The summed E-state index contributed by atoms with van der Waals surface area (Å²) in [6, 6.07) is 7.89. The molecule has 7 heteroatoms. The van der Waals surface area contributed by atoms with Crippen molar-refractivity contribution in [3.63, 3.8) is 0 Å². The third kappa shape index (κ3) is 4.02. The zero-order chi connectivity index (χ0) is 22.7. The number of fused-ring (bicyclic) bond motifs is 4. The fourth-order valence-electron chi connectivity index (χ4n) is 4.61. The van der Waals surface area contributed by atoms with Crippen molar-refractivity contribution >= 4 is 32.8 Å². The van der Waals surface area contributed by atoms with E-state index in [2.05, 4.69) is 64.3 Å². The molecule has 4 aromatic rings. The summed E-state index contributed by atoms with van der Waals surface area (Å²) in [5, 5.41) is 7.08. The summed E-state index contributed by atoms with van der Waals surface area (Å²) in [7, 11) is 0. The van der Waals surface area contributed by atoms with Crippen LogP contribution >= 0.6 is 0 Å². The first-order valence-corrected chi connectivity index (χ1v) is 11.8. The molecule has 0 saturated heterocycles. The normalized spacial score (nSPS) is 12.2. The van der Waals surface area contributed by atoms with Gasteiger partial charge in [-0.25, -0.2) is 4.98 Å². The quantitative estimate of drug-likeness (QED) is 0.357. The van der Waals surface area contributed by atoms with Gasteiger partial charge < -0.3 is 14.4 Å². The summed E-state index contributed by atoms with van der Waals surface area (Å²) in [5.74, 6) is 0. The minimum Gasteiger partial charge on any atom is -0.324 e. The number of likely N-dealkylation sites (N-methyl/N-ethyl adjacent to an activating group) is 2. The van der Waals surface area contributed by atoms with Crippen LogP contribution in [0.25, 0.3) is 32.8 Å². The van der Waals surface area contributed by atoms with Gasteiger partial charge in [0.15, 0.2) is 0 Å². The Morgan fingerprint density at radius 2 is 1.59 bits per heavy atom. The lowest BCUT2D eigenvalue weighted by Crippen LogP contribution is -2.28. The number of pyridine rings is 2. The van der Waals surface area contributed by atoms with Crippen LogP contribution in [0.2, 0.25) is 0 Å². The maximum Gasteiger partial charge on any atom is 0.201 e. The highest BCUT2D eigenvalue weighted by Gasteiger charge is 2.17. The monoisotopic (exact) mass is 434 g/mol. The predicted molar refractivity (Wildman–Crippen MR) is 132 cm³/mol. The number of benzene rings is 1. The van der Waals surface area contributed by atoms with Gasteiger partial charge in [0.2, 0.25) is 5.43 Å². The first-order valence-electron chi connectivity index (χ1n) is 11.8. The third-order valence-electron chi connectivity index (χ3n) is 6.64. The second-order valence-electron chi connectivity index (χ2n) is 8.17. The van der Waals surface area contributed by atoms with Gasteiger partial charge in [0, 0.05) is 31.2 Å². The Labute approximate surface area is 189 Å². The Morgan fingerprint density at radius 1 is 0.906 bits per heavy atom. The Bertz CT molecular complexity index is 1270. The first kappa shape index (κ1) is 22.4. The Hall–Kier alpha value is -2.77. The fraction of sp³-hybridized carbons (Fsp3) is 0.480. The van der Waals surface area contributed by atoms with Crippen LogP contribution in [0.3, 0.4) is 0 Å². The van der Waals surface area contributed by atoms with E-state index in [1.165, 1.54) is 0 Å². The van der Waals surface area contributed by atoms with Crippen molar-refractivity contribution in [3.05, 3.63) is 46.9 Å². The smallest absolute Gasteiger partial charge is 0.201 e. The second-order valence-corrected chi connectivity index (χ2v) is 8.17. The minimum absolute atomic E-state index is 0.0392. The molecular formula is C25H34N6O. The summed E-state index contributed by atoms with van der Waals surface area (Å²) in [4.78, 5) is 23.1. The van der Waals surface area contributed by atoms with E-state index in [0.29, 0.717) is 5.39 Å². The van der Waals surface area contributed by atoms with Crippen molar-refractivity contribution in [2.24, 2.45) is 0 Å². The lowest BCUT2D eigenvalue weighted by molar-refractivity contribution is 0.287. The Balaban J connectivity index is 1.92. The molecule has 0 atom stereocenters. The van der Waals surface area contributed by atoms with Crippen LogP contribution in [0.5, 0.6) is 0 Å². The van der Waals surface area contributed by atoms with E-state index >= 15 is 0 Å². The fourth-order valence-corrected chi connectivity index (χ4v) is 4.61. The van der Waals surface area contributed by atoms with Crippen molar-refractivity contribution in [2.75, 3.05) is 39.3 Å². The van der Waals surface area contributed by atoms with Crippen LogP contribution in [-0.2, 0) is 13.1 Å². The Morgan fingerprint density at radius 3 is 2.28 bits per heavy atom. The maximum atomic E-state index is 13.7. The van der Waals surface area contributed by atoms with Gasteiger partial charge in [-0.05, 0) is 50.4 Å². The van der Waals surface area contributed by atoms with Gasteiger partial charge in [-0.2, -0.15) is 5.10 Å². The van der Waals surface area contributed by atoms with E-state index in [0.717, 1.165) is 79.8 Å². The summed E-state index contributed by atoms with van der Waals surface area (Å²) in [6.07, 6.45) is 3.65. The van der Waals surface area contributed by atoms with E-state index in [1.54, 1.807) is 6.20 Å². The molecule has 3 heterocycles. The standard InChI is InChI=1S/C25H34N6O/c1-5-28(6-2)14-16-30-21-12-11-19-18-27-31(17-15-29(7-3)8-4)23(19)22(21)24(32)20-10-9-13-26-25(20)30/h9-13,18H,5-8,14-17H2,1-4H3. The van der Waals surface area contributed by atoms with Crippen LogP contribution < -0.4 is 5.43 Å². The zero-order valence-corrected chi connectivity index (χ0v) is 19.7. The van der Waals surface area contributed by atoms with E-state index < -0.39 is 0 Å². The molecule has 0 spiro atoms. The van der Waals surface area contributed by atoms with E-state index in [4.69, 9.17) is 0 Å². The molecule has 0 bridgehead atoms. The highest BCUT2D eigenvalue weighted by atomic mass is 16.1. The van der Waals surface area contributed by atoms with Crippen molar-refractivity contribution < 1.29 is 0 Å². The molecule has 0 N–H and O–H groups in total. The zero-order valence-electron chi connectivity index (χ0n) is 19.7. The second kappa shape index (κ2) is 9.79. The number of aromatic nitrogens is 4. The number of rotatable bonds is 10. The lowest BCUT2D eigenvalue weighted by atomic mass is 10.1. The minimum atomic E-state index is 0.0392. The molecule has 0 aliphatic rings. The highest BCUT2D eigenvalue weighted by Crippen LogP contribution is 2.26. The molecule has 0 aliphatic carbocycles. The SMILES string of the molecule is CCN(CC)CCn1ncc2ccc3c(c(=O)c4cccnc4n3CCN(CC)CC)c21. The molecule has 4 rings (SSSR count). The number of nitrogens with zero attached hydrogens (tertiary/aromatic N) is 6. The average molecular weight is 435 g/mol. The first-order chi connectivity index (χ1) is 15.6. The van der Waals surface area contributed by atoms with Crippen LogP contribution in [0, 0.1) is 0 Å². The van der Waals surface area contributed by atoms with Gasteiger partial charge in [-0.1, -0.05) is 27.7 Å². The van der Waals surface area contributed by atoms with Crippen LogP contribution in [0.15, 0.2) is 41.5 Å². The third-order valence-corrected chi connectivity index (χ3v) is 6.64. The number of hydrogen-bond donors (Lipinski definition) is 0. The summed E-state index contributed by atoms with van der Waals surface area (Å²) < 4.78 is 4.22. The predicted octanol–water partition coefficient (Wildman–Crippen LogP) is 3.58. The molecule has 32 heavy (non-hydrogen) atoms. The average Bonchev–Trinajstić information content (AvgIpc) is 3.25.